The molecule has 1 atom stereocenters. The van der Waals surface area contributed by atoms with Gasteiger partial charge in [-0.1, -0.05) is 6.07 Å². The van der Waals surface area contributed by atoms with Crippen molar-refractivity contribution >= 4 is 16.9 Å². The van der Waals surface area contributed by atoms with Crippen molar-refractivity contribution in [2.24, 2.45) is 0 Å². The van der Waals surface area contributed by atoms with E-state index in [1.54, 1.807) is 24.5 Å². The average Bonchev–Trinajstić information content (AvgIpc) is 2.98. The van der Waals surface area contributed by atoms with Gasteiger partial charge in [0, 0.05) is 18.9 Å². The third-order valence-corrected chi connectivity index (χ3v) is 4.25. The Bertz CT molecular complexity index is 889. The highest BCUT2D eigenvalue weighted by molar-refractivity contribution is 5.93. The molecule has 1 aliphatic rings. The third-order valence-electron chi connectivity index (χ3n) is 4.25. The second-order valence-electron chi connectivity index (χ2n) is 6.01. The number of pyridine rings is 1. The van der Waals surface area contributed by atoms with Crippen LogP contribution in [0.15, 0.2) is 42.7 Å². The van der Waals surface area contributed by atoms with Gasteiger partial charge in [-0.05, 0) is 36.8 Å². The van der Waals surface area contributed by atoms with Crippen LogP contribution in [0.3, 0.4) is 0 Å². The fraction of sp³-hybridized carbons (Fsp3) is 0.278. The summed E-state index contributed by atoms with van der Waals surface area (Å²) in [5.74, 6) is 0.776. The van der Waals surface area contributed by atoms with E-state index in [1.165, 1.54) is 5.56 Å². The lowest BCUT2D eigenvalue weighted by molar-refractivity contribution is 0.0553. The number of carbonyl (C=O) groups is 1. The number of aryl methyl sites for hydroxylation is 1. The summed E-state index contributed by atoms with van der Waals surface area (Å²) < 4.78 is 7.84. The molecule has 6 nitrogen and oxygen atoms in total. The molecule has 0 fully saturated rings. The Kier molecular flexibility index (Phi) is 3.74. The Hall–Kier alpha value is -2.73. The number of nitrogens with zero attached hydrogens (tertiary/aromatic N) is 3. The van der Waals surface area contributed by atoms with Crippen LogP contribution in [0, 0.1) is 6.92 Å². The quantitative estimate of drug-likeness (QED) is 0.803. The molecule has 3 heterocycles. The molecule has 1 aromatic carbocycles. The maximum Gasteiger partial charge on any atom is 0.252 e. The number of amides is 1. The predicted octanol–water partition coefficient (Wildman–Crippen LogP) is 2.24. The van der Waals surface area contributed by atoms with Crippen LogP contribution >= 0.6 is 0 Å². The molecular formula is C18H18N4O2. The van der Waals surface area contributed by atoms with Crippen LogP contribution in [0.1, 0.15) is 27.8 Å². The number of benzene rings is 1. The molecule has 0 radical (unpaired) electrons. The monoisotopic (exact) mass is 322 g/mol. The number of imidazole rings is 1. The number of ether oxygens (including phenoxy) is 1. The highest BCUT2D eigenvalue weighted by Gasteiger charge is 2.24. The van der Waals surface area contributed by atoms with Gasteiger partial charge in [-0.25, -0.2) is 4.98 Å². The van der Waals surface area contributed by atoms with Crippen LogP contribution < -0.4 is 5.32 Å². The molecule has 0 spiro atoms. The van der Waals surface area contributed by atoms with E-state index in [4.69, 9.17) is 4.74 Å². The van der Waals surface area contributed by atoms with Gasteiger partial charge in [-0.15, -0.1) is 0 Å². The lowest BCUT2D eigenvalue weighted by Gasteiger charge is -2.26. The third kappa shape index (κ3) is 2.65. The molecule has 3 aromatic rings. The molecule has 1 N–H and O–H groups in total. The van der Waals surface area contributed by atoms with Crippen molar-refractivity contribution in [1.29, 1.82) is 0 Å². The zero-order chi connectivity index (χ0) is 16.5. The summed E-state index contributed by atoms with van der Waals surface area (Å²) >= 11 is 0. The molecule has 24 heavy (non-hydrogen) atoms. The molecule has 0 saturated carbocycles. The van der Waals surface area contributed by atoms with Gasteiger partial charge in [0.1, 0.15) is 12.4 Å². The Labute approximate surface area is 139 Å². The smallest absolute Gasteiger partial charge is 0.252 e. The first-order valence-electron chi connectivity index (χ1n) is 7.96. The first kappa shape index (κ1) is 14.8. The molecule has 0 saturated heterocycles. The largest absolute Gasteiger partial charge is 0.371 e. The lowest BCUT2D eigenvalue weighted by Crippen LogP contribution is -2.35. The fourth-order valence-electron chi connectivity index (χ4n) is 3.09. The Balaban J connectivity index is 1.58. The van der Waals surface area contributed by atoms with Gasteiger partial charge in [0.05, 0.1) is 29.2 Å². The predicted molar refractivity (Wildman–Crippen MR) is 89.7 cm³/mol. The van der Waals surface area contributed by atoms with Gasteiger partial charge in [0.15, 0.2) is 0 Å². The summed E-state index contributed by atoms with van der Waals surface area (Å²) in [7, 11) is 0. The fourth-order valence-corrected chi connectivity index (χ4v) is 3.09. The summed E-state index contributed by atoms with van der Waals surface area (Å²) in [6.07, 6.45) is 3.21. The van der Waals surface area contributed by atoms with Gasteiger partial charge < -0.3 is 14.6 Å². The maximum atomic E-state index is 12.2. The highest BCUT2D eigenvalue weighted by atomic mass is 16.5. The number of hydrogen-bond donors (Lipinski definition) is 1. The van der Waals surface area contributed by atoms with E-state index in [2.05, 4.69) is 45.0 Å². The lowest BCUT2D eigenvalue weighted by atomic mass is 10.2. The van der Waals surface area contributed by atoms with Crippen LogP contribution in [0.5, 0.6) is 0 Å². The molecule has 4 rings (SSSR count). The molecular weight excluding hydrogens is 304 g/mol. The molecule has 1 unspecified atom stereocenters. The minimum absolute atomic E-state index is 0.0297. The molecule has 0 bridgehead atoms. The van der Waals surface area contributed by atoms with Crippen molar-refractivity contribution in [2.45, 2.75) is 19.6 Å². The van der Waals surface area contributed by atoms with E-state index in [9.17, 15) is 4.79 Å². The summed E-state index contributed by atoms with van der Waals surface area (Å²) in [6.45, 7) is 3.60. The van der Waals surface area contributed by atoms with E-state index in [1.807, 2.05) is 0 Å². The van der Waals surface area contributed by atoms with E-state index in [0.717, 1.165) is 16.9 Å². The Morgan fingerprint density at radius 3 is 3.17 bits per heavy atom. The van der Waals surface area contributed by atoms with Crippen molar-refractivity contribution in [2.75, 3.05) is 13.2 Å². The second-order valence-corrected chi connectivity index (χ2v) is 6.01. The minimum Gasteiger partial charge on any atom is -0.371 e. The molecule has 1 aliphatic heterocycles. The number of aromatic nitrogens is 3. The molecule has 6 heteroatoms. The summed E-state index contributed by atoms with van der Waals surface area (Å²) in [5, 5.41) is 2.97. The van der Waals surface area contributed by atoms with Crippen molar-refractivity contribution in [1.82, 2.24) is 19.9 Å². The summed E-state index contributed by atoms with van der Waals surface area (Å²) in [6, 6.07) is 9.78. The van der Waals surface area contributed by atoms with Crippen molar-refractivity contribution in [3.63, 3.8) is 0 Å². The first-order chi connectivity index (χ1) is 11.7. The van der Waals surface area contributed by atoms with Crippen LogP contribution in [0.2, 0.25) is 0 Å². The SMILES string of the molecule is Cc1ccc2c(c1)nc1n2C(CNC(=O)c2cccnc2)COC1. The van der Waals surface area contributed by atoms with Gasteiger partial charge >= 0.3 is 0 Å². The number of rotatable bonds is 3. The number of nitrogens with one attached hydrogen (secondary N) is 1. The minimum atomic E-state index is -0.129. The first-order valence-corrected chi connectivity index (χ1v) is 7.96. The van der Waals surface area contributed by atoms with Crippen LogP contribution in [0.25, 0.3) is 11.0 Å². The number of hydrogen-bond acceptors (Lipinski definition) is 4. The van der Waals surface area contributed by atoms with Crippen LogP contribution in [-0.2, 0) is 11.3 Å². The van der Waals surface area contributed by atoms with E-state index >= 15 is 0 Å². The molecule has 122 valence electrons. The van der Waals surface area contributed by atoms with Crippen molar-refractivity contribution in [3.8, 4) is 0 Å². The zero-order valence-electron chi connectivity index (χ0n) is 13.4. The highest BCUT2D eigenvalue weighted by Crippen LogP contribution is 2.26. The van der Waals surface area contributed by atoms with E-state index in [-0.39, 0.29) is 11.9 Å². The topological polar surface area (TPSA) is 69.0 Å². The van der Waals surface area contributed by atoms with Gasteiger partial charge in [-0.2, -0.15) is 0 Å². The normalized spacial score (nSPS) is 16.8. The van der Waals surface area contributed by atoms with Gasteiger partial charge in [0.25, 0.3) is 5.91 Å². The van der Waals surface area contributed by atoms with Crippen molar-refractivity contribution < 1.29 is 9.53 Å². The van der Waals surface area contributed by atoms with Gasteiger partial charge in [-0.3, -0.25) is 9.78 Å². The molecule has 2 aromatic heterocycles. The van der Waals surface area contributed by atoms with Gasteiger partial charge in [0.2, 0.25) is 0 Å². The summed E-state index contributed by atoms with van der Waals surface area (Å²) in [5.41, 5.74) is 3.79. The van der Waals surface area contributed by atoms with Crippen molar-refractivity contribution in [3.05, 3.63) is 59.7 Å². The Morgan fingerprint density at radius 1 is 1.42 bits per heavy atom. The van der Waals surface area contributed by atoms with E-state index in [0.29, 0.717) is 25.3 Å². The second kappa shape index (κ2) is 6.05. The van der Waals surface area contributed by atoms with Crippen LogP contribution in [-0.4, -0.2) is 33.6 Å². The zero-order valence-corrected chi connectivity index (χ0v) is 13.4. The Morgan fingerprint density at radius 2 is 2.33 bits per heavy atom. The van der Waals surface area contributed by atoms with Crippen LogP contribution in [0.4, 0.5) is 0 Å². The molecule has 1 amide bonds. The maximum absolute atomic E-state index is 12.2. The summed E-state index contributed by atoms with van der Waals surface area (Å²) in [4.78, 5) is 20.9. The average molecular weight is 322 g/mol. The molecule has 0 aliphatic carbocycles. The standard InChI is InChI=1S/C18H18N4O2/c1-12-4-5-16-15(7-12)21-17-11-24-10-14(22(16)17)9-20-18(23)13-3-2-6-19-8-13/h2-8,14H,9-11H2,1H3,(H,20,23). The van der Waals surface area contributed by atoms with E-state index < -0.39 is 0 Å². The number of fused-ring (bicyclic) bond motifs is 3. The number of carbonyl (C=O) groups excluding carboxylic acids is 1.